The first kappa shape index (κ1) is 13.8. The fraction of sp³-hybridized carbons (Fsp3) is 0.214. The molecule has 0 spiro atoms. The van der Waals surface area contributed by atoms with Crippen molar-refractivity contribution in [3.63, 3.8) is 0 Å². The number of esters is 1. The van der Waals surface area contributed by atoms with Crippen molar-refractivity contribution in [2.45, 2.75) is 19.1 Å². The minimum absolute atomic E-state index is 0.116. The van der Waals surface area contributed by atoms with Gasteiger partial charge in [-0.1, -0.05) is 30.3 Å². The third kappa shape index (κ3) is 3.68. The highest BCUT2D eigenvalue weighted by molar-refractivity contribution is 5.80. The Morgan fingerprint density at radius 1 is 1.30 bits per heavy atom. The summed E-state index contributed by atoms with van der Waals surface area (Å²) < 4.78 is 6.60. The molecule has 0 radical (unpaired) electrons. The van der Waals surface area contributed by atoms with E-state index in [9.17, 15) is 9.59 Å². The largest absolute Gasteiger partial charge is 0.481 e. The van der Waals surface area contributed by atoms with Crippen LogP contribution in [0.4, 0.5) is 0 Å². The number of benzene rings is 1. The van der Waals surface area contributed by atoms with E-state index >= 15 is 0 Å². The zero-order valence-corrected chi connectivity index (χ0v) is 10.7. The maximum absolute atomic E-state index is 12.0. The second-order valence-electron chi connectivity index (χ2n) is 4.22. The first-order chi connectivity index (χ1) is 9.66. The molecule has 6 heteroatoms. The fourth-order valence-corrected chi connectivity index (χ4v) is 1.75. The van der Waals surface area contributed by atoms with Gasteiger partial charge in [-0.05, 0) is 5.56 Å². The normalized spacial score (nSPS) is 11.8. The van der Waals surface area contributed by atoms with Gasteiger partial charge in [0.15, 0.2) is 0 Å². The van der Waals surface area contributed by atoms with Gasteiger partial charge in [0.2, 0.25) is 0 Å². The van der Waals surface area contributed by atoms with Crippen LogP contribution in [0, 0.1) is 0 Å². The average molecular weight is 274 g/mol. The molecule has 0 saturated heterocycles. The lowest BCUT2D eigenvalue weighted by molar-refractivity contribution is -0.153. The molecule has 6 nitrogen and oxygen atoms in total. The predicted octanol–water partition coefficient (Wildman–Crippen LogP) is 1.64. The smallest absolute Gasteiger partial charge is 0.330 e. The molecule has 1 atom stereocenters. The van der Waals surface area contributed by atoms with Crippen LogP contribution in [0.3, 0.4) is 0 Å². The number of imidazole rings is 1. The van der Waals surface area contributed by atoms with Crippen molar-refractivity contribution in [2.75, 3.05) is 0 Å². The summed E-state index contributed by atoms with van der Waals surface area (Å²) in [6.07, 6.45) is 4.08. The quantitative estimate of drug-likeness (QED) is 0.810. The molecule has 2 rings (SSSR count). The molecule has 1 aromatic carbocycles. The fourth-order valence-electron chi connectivity index (χ4n) is 1.75. The molecule has 20 heavy (non-hydrogen) atoms. The minimum Gasteiger partial charge on any atom is -0.481 e. The highest BCUT2D eigenvalue weighted by Gasteiger charge is 2.24. The number of nitrogens with zero attached hydrogens (tertiary/aromatic N) is 2. The number of carboxylic acid groups (broad SMARTS) is 1. The summed E-state index contributed by atoms with van der Waals surface area (Å²) in [7, 11) is 0. The van der Waals surface area contributed by atoms with E-state index in [-0.39, 0.29) is 13.0 Å². The van der Waals surface area contributed by atoms with Crippen LogP contribution in [-0.2, 0) is 20.9 Å². The number of aliphatic carboxylic acids is 1. The van der Waals surface area contributed by atoms with Gasteiger partial charge in [-0.15, -0.1) is 0 Å². The first-order valence-electron chi connectivity index (χ1n) is 6.06. The number of carbonyl (C=O) groups excluding carboxylic acids is 1. The van der Waals surface area contributed by atoms with Gasteiger partial charge >= 0.3 is 11.9 Å². The molecule has 0 fully saturated rings. The molecule has 0 saturated carbocycles. The van der Waals surface area contributed by atoms with Gasteiger partial charge in [0.25, 0.3) is 0 Å². The van der Waals surface area contributed by atoms with Crippen molar-refractivity contribution >= 4 is 11.9 Å². The van der Waals surface area contributed by atoms with Crippen molar-refractivity contribution in [1.29, 1.82) is 0 Å². The van der Waals surface area contributed by atoms with E-state index in [0.717, 1.165) is 5.56 Å². The van der Waals surface area contributed by atoms with E-state index in [1.165, 1.54) is 23.3 Å². The molecule has 1 aromatic heterocycles. The Labute approximate surface area is 115 Å². The highest BCUT2D eigenvalue weighted by Crippen LogP contribution is 2.14. The number of aromatic nitrogens is 2. The van der Waals surface area contributed by atoms with E-state index in [4.69, 9.17) is 9.84 Å². The van der Waals surface area contributed by atoms with Crippen molar-refractivity contribution in [3.8, 4) is 0 Å². The van der Waals surface area contributed by atoms with Gasteiger partial charge in [-0.2, -0.15) is 0 Å². The van der Waals surface area contributed by atoms with Crippen LogP contribution in [0.15, 0.2) is 49.1 Å². The second kappa shape index (κ2) is 6.51. The van der Waals surface area contributed by atoms with Crippen LogP contribution >= 0.6 is 0 Å². The summed E-state index contributed by atoms with van der Waals surface area (Å²) >= 11 is 0. The van der Waals surface area contributed by atoms with E-state index in [1.807, 2.05) is 30.3 Å². The maximum Gasteiger partial charge on any atom is 0.330 e. The summed E-state index contributed by atoms with van der Waals surface area (Å²) in [6.45, 7) is 0.116. The minimum atomic E-state index is -1.07. The highest BCUT2D eigenvalue weighted by atomic mass is 16.5. The maximum atomic E-state index is 12.0. The third-order valence-corrected chi connectivity index (χ3v) is 2.75. The molecule has 1 heterocycles. The Hall–Kier alpha value is -2.63. The standard InChI is InChI=1S/C14H14N2O4/c17-13(18)8-12(16-7-6-15-10-16)14(19)20-9-11-4-2-1-3-5-11/h1-7,10,12H,8-9H2,(H,17,18). The average Bonchev–Trinajstić information content (AvgIpc) is 2.97. The number of rotatable bonds is 6. The molecular weight excluding hydrogens is 260 g/mol. The van der Waals surface area contributed by atoms with E-state index < -0.39 is 18.0 Å². The Balaban J connectivity index is 2.02. The van der Waals surface area contributed by atoms with E-state index in [0.29, 0.717) is 0 Å². The monoisotopic (exact) mass is 274 g/mol. The number of ether oxygens (including phenoxy) is 1. The lowest BCUT2D eigenvalue weighted by atomic mass is 10.2. The van der Waals surface area contributed by atoms with Crippen LogP contribution in [-0.4, -0.2) is 26.6 Å². The molecular formula is C14H14N2O4. The lowest BCUT2D eigenvalue weighted by Crippen LogP contribution is -2.23. The van der Waals surface area contributed by atoms with Gasteiger partial charge in [0.05, 0.1) is 12.7 Å². The van der Waals surface area contributed by atoms with E-state index in [2.05, 4.69) is 4.98 Å². The zero-order valence-electron chi connectivity index (χ0n) is 10.7. The molecule has 104 valence electrons. The first-order valence-corrected chi connectivity index (χ1v) is 6.06. The number of carbonyl (C=O) groups is 2. The number of hydrogen-bond donors (Lipinski definition) is 1. The predicted molar refractivity (Wildman–Crippen MR) is 69.8 cm³/mol. The van der Waals surface area contributed by atoms with Gasteiger partial charge < -0.3 is 14.4 Å². The summed E-state index contributed by atoms with van der Waals surface area (Å²) in [5.74, 6) is -1.66. The Morgan fingerprint density at radius 2 is 2.05 bits per heavy atom. The SMILES string of the molecule is O=C(O)CC(C(=O)OCc1ccccc1)n1ccnc1. The van der Waals surface area contributed by atoms with Crippen molar-refractivity contribution in [1.82, 2.24) is 9.55 Å². The molecule has 1 unspecified atom stereocenters. The van der Waals surface area contributed by atoms with E-state index in [1.54, 1.807) is 0 Å². The number of hydrogen-bond acceptors (Lipinski definition) is 4. The molecule has 0 aliphatic carbocycles. The van der Waals surface area contributed by atoms with Gasteiger partial charge in [-0.3, -0.25) is 4.79 Å². The Morgan fingerprint density at radius 3 is 2.65 bits per heavy atom. The third-order valence-electron chi connectivity index (χ3n) is 2.75. The Kier molecular flexibility index (Phi) is 4.49. The van der Waals surface area contributed by atoms with Crippen molar-refractivity contribution in [2.24, 2.45) is 0 Å². The molecule has 0 aliphatic heterocycles. The zero-order chi connectivity index (χ0) is 14.4. The van der Waals surface area contributed by atoms with Crippen LogP contribution < -0.4 is 0 Å². The van der Waals surface area contributed by atoms with Crippen LogP contribution in [0.25, 0.3) is 0 Å². The summed E-state index contributed by atoms with van der Waals surface area (Å²) in [5, 5.41) is 8.88. The van der Waals surface area contributed by atoms with Crippen LogP contribution in [0.2, 0.25) is 0 Å². The van der Waals surface area contributed by atoms with Crippen molar-refractivity contribution < 1.29 is 19.4 Å². The van der Waals surface area contributed by atoms with Crippen LogP contribution in [0.5, 0.6) is 0 Å². The Bertz CT molecular complexity index is 566. The molecule has 0 amide bonds. The lowest BCUT2D eigenvalue weighted by Gasteiger charge is -2.15. The second-order valence-corrected chi connectivity index (χ2v) is 4.22. The molecule has 0 bridgehead atoms. The summed E-state index contributed by atoms with van der Waals surface area (Å²) in [6, 6.07) is 8.30. The molecule has 0 aliphatic rings. The molecule has 1 N–H and O–H groups in total. The van der Waals surface area contributed by atoms with Gasteiger partial charge in [0, 0.05) is 12.4 Å². The van der Waals surface area contributed by atoms with Crippen LogP contribution in [0.1, 0.15) is 18.0 Å². The van der Waals surface area contributed by atoms with Crippen molar-refractivity contribution in [3.05, 3.63) is 54.6 Å². The molecule has 2 aromatic rings. The number of carboxylic acids is 1. The summed E-state index contributed by atoms with van der Waals surface area (Å²) in [5.41, 5.74) is 0.848. The topological polar surface area (TPSA) is 81.4 Å². The van der Waals surface area contributed by atoms with Gasteiger partial charge in [0.1, 0.15) is 12.6 Å². The van der Waals surface area contributed by atoms with Gasteiger partial charge in [-0.25, -0.2) is 9.78 Å². The summed E-state index contributed by atoms with van der Waals surface area (Å²) in [4.78, 5) is 26.7.